The van der Waals surface area contributed by atoms with Crippen molar-refractivity contribution in [2.45, 2.75) is 102 Å². The van der Waals surface area contributed by atoms with Crippen LogP contribution in [0.3, 0.4) is 0 Å². The van der Waals surface area contributed by atoms with Crippen LogP contribution in [-0.4, -0.2) is 92.7 Å². The van der Waals surface area contributed by atoms with Crippen molar-refractivity contribution in [2.24, 2.45) is 11.8 Å². The third-order valence-corrected chi connectivity index (χ3v) is 9.10. The maximum Gasteiger partial charge on any atom is 0.408 e. The molecule has 1 aliphatic rings. The van der Waals surface area contributed by atoms with E-state index in [1.807, 2.05) is 6.07 Å². The number of aliphatic hydroxyl groups excluding tert-OH is 1. The van der Waals surface area contributed by atoms with Gasteiger partial charge in [0, 0.05) is 14.2 Å². The van der Waals surface area contributed by atoms with Crippen LogP contribution in [0.5, 0.6) is 0 Å². The lowest BCUT2D eigenvalue weighted by Crippen LogP contribution is -2.65. The van der Waals surface area contributed by atoms with Gasteiger partial charge in [0.25, 0.3) is 5.92 Å². The van der Waals surface area contributed by atoms with Gasteiger partial charge in [0.1, 0.15) is 31.4 Å². The number of nitrogens with one attached hydrogen (secondary N) is 4. The summed E-state index contributed by atoms with van der Waals surface area (Å²) in [5, 5.41) is 21.1. The molecular formula is C38H54F2N4O9. The highest BCUT2D eigenvalue weighted by Crippen LogP contribution is 2.34. The van der Waals surface area contributed by atoms with Crippen LogP contribution < -0.4 is 21.3 Å². The molecule has 1 aliphatic carbocycles. The van der Waals surface area contributed by atoms with Crippen LogP contribution in [0, 0.1) is 11.8 Å². The lowest BCUT2D eigenvalue weighted by Gasteiger charge is -2.39. The van der Waals surface area contributed by atoms with Crippen molar-refractivity contribution >= 4 is 24.0 Å². The number of ether oxygens (including phenoxy) is 4. The smallest absolute Gasteiger partial charge is 0.408 e. The fourth-order valence-electron chi connectivity index (χ4n) is 6.26. The van der Waals surface area contributed by atoms with Crippen LogP contribution in [0.1, 0.15) is 63.5 Å². The number of carbonyl (C=O) groups is 4. The van der Waals surface area contributed by atoms with Gasteiger partial charge in [-0.3, -0.25) is 9.59 Å². The van der Waals surface area contributed by atoms with Gasteiger partial charge in [-0.2, -0.15) is 0 Å². The zero-order chi connectivity index (χ0) is 38.8. The topological polar surface area (TPSA) is 174 Å². The molecule has 1 saturated carbocycles. The largest absolute Gasteiger partial charge is 0.445 e. The van der Waals surface area contributed by atoms with Gasteiger partial charge in [0.2, 0.25) is 11.8 Å². The van der Waals surface area contributed by atoms with Crippen molar-refractivity contribution in [3.63, 3.8) is 0 Å². The Bertz CT molecular complexity index is 1410. The van der Waals surface area contributed by atoms with E-state index in [0.717, 1.165) is 32.1 Å². The summed E-state index contributed by atoms with van der Waals surface area (Å²) in [5.74, 6) is -6.80. The number of hydrogen-bond acceptors (Lipinski definition) is 9. The molecule has 0 radical (unpaired) electrons. The second kappa shape index (κ2) is 22.0. The van der Waals surface area contributed by atoms with E-state index in [-0.39, 0.29) is 38.8 Å². The second-order valence-corrected chi connectivity index (χ2v) is 13.6. The fourth-order valence-corrected chi connectivity index (χ4v) is 6.26. The molecule has 0 spiro atoms. The molecule has 15 heteroatoms. The zero-order valence-corrected chi connectivity index (χ0v) is 30.9. The Hall–Kier alpha value is -4.34. The van der Waals surface area contributed by atoms with Crippen LogP contribution >= 0.6 is 0 Å². The van der Waals surface area contributed by atoms with E-state index in [4.69, 9.17) is 18.9 Å². The lowest BCUT2D eigenvalue weighted by molar-refractivity contribution is -0.162. The second-order valence-electron chi connectivity index (χ2n) is 13.6. The maximum absolute atomic E-state index is 16.5. The minimum atomic E-state index is -3.99. The van der Waals surface area contributed by atoms with E-state index in [1.54, 1.807) is 54.6 Å². The van der Waals surface area contributed by atoms with Gasteiger partial charge in [-0.15, -0.1) is 0 Å². The molecule has 0 aliphatic heterocycles. The number of alkyl carbamates (subject to hydrolysis) is 2. The lowest BCUT2D eigenvalue weighted by atomic mass is 9.81. The molecule has 0 heterocycles. The highest BCUT2D eigenvalue weighted by atomic mass is 19.3. The molecule has 2 aromatic carbocycles. The predicted octanol–water partition coefficient (Wildman–Crippen LogP) is 4.46. The SMILES string of the molecule is COC[C@H](NC(=O)OCc1ccccc1)C(=O)NC(CC1CCCCC1)C(O)C(F)(F)C(NC(=O)[C@H](COC)NC(=O)OCc1ccccc1)C(C)C. The van der Waals surface area contributed by atoms with Gasteiger partial charge < -0.3 is 45.3 Å². The summed E-state index contributed by atoms with van der Waals surface area (Å²) in [7, 11) is 2.59. The molecule has 53 heavy (non-hydrogen) atoms. The van der Waals surface area contributed by atoms with E-state index >= 15 is 8.78 Å². The minimum Gasteiger partial charge on any atom is -0.445 e. The zero-order valence-electron chi connectivity index (χ0n) is 30.9. The molecule has 3 unspecified atom stereocenters. The summed E-state index contributed by atoms with van der Waals surface area (Å²) in [6, 6.07) is 11.6. The monoisotopic (exact) mass is 748 g/mol. The molecule has 13 nitrogen and oxygen atoms in total. The van der Waals surface area contributed by atoms with E-state index in [9.17, 15) is 24.3 Å². The molecular weight excluding hydrogens is 694 g/mol. The van der Waals surface area contributed by atoms with Gasteiger partial charge in [0.05, 0.1) is 25.3 Å². The average Bonchev–Trinajstić information content (AvgIpc) is 3.15. The van der Waals surface area contributed by atoms with Crippen LogP contribution in [-0.2, 0) is 41.8 Å². The fraction of sp³-hybridized carbons (Fsp3) is 0.579. The molecule has 294 valence electrons. The minimum absolute atomic E-state index is 0.0283. The summed E-state index contributed by atoms with van der Waals surface area (Å²) in [4.78, 5) is 52.1. The average molecular weight is 749 g/mol. The third kappa shape index (κ3) is 14.2. The first-order valence-corrected chi connectivity index (χ1v) is 17.9. The van der Waals surface area contributed by atoms with Crippen LogP contribution in [0.2, 0.25) is 0 Å². The molecule has 0 aromatic heterocycles. The van der Waals surface area contributed by atoms with Crippen LogP contribution in [0.4, 0.5) is 18.4 Å². The van der Waals surface area contributed by atoms with E-state index in [1.165, 1.54) is 28.1 Å². The number of hydrogen-bond donors (Lipinski definition) is 5. The molecule has 3 rings (SSSR count). The first-order chi connectivity index (χ1) is 25.3. The van der Waals surface area contributed by atoms with E-state index < -0.39 is 66.1 Å². The summed E-state index contributed by atoms with van der Waals surface area (Å²) in [6.45, 7) is 2.09. The number of amides is 4. The predicted molar refractivity (Wildman–Crippen MR) is 192 cm³/mol. The van der Waals surface area contributed by atoms with Crippen molar-refractivity contribution in [2.75, 3.05) is 27.4 Å². The van der Waals surface area contributed by atoms with Gasteiger partial charge in [-0.05, 0) is 29.4 Å². The first kappa shape index (κ1) is 43.1. The standard InChI is InChI=1S/C38H54F2N4O9/c1-25(2)32(44-35(47)31(24-51-4)43-37(49)53-22-28-18-12-7-13-19-28)38(39,40)33(45)29(20-26-14-8-5-9-15-26)41-34(46)30(23-50-3)42-36(48)52-21-27-16-10-6-11-17-27/h6-7,10-13,16-19,25-26,29-33,45H,5,8-9,14-15,20-24H2,1-4H3,(H,41,46)(H,42,48)(H,43,49)(H,44,47)/t29?,30-,31-,32?,33?/m0/s1. The normalized spacial score (nSPS) is 16.4. The third-order valence-electron chi connectivity index (χ3n) is 9.10. The van der Waals surface area contributed by atoms with Crippen molar-refractivity contribution in [3.05, 3.63) is 71.8 Å². The van der Waals surface area contributed by atoms with Gasteiger partial charge in [-0.1, -0.05) is 107 Å². The number of alkyl halides is 2. The van der Waals surface area contributed by atoms with Crippen LogP contribution in [0.15, 0.2) is 60.7 Å². The van der Waals surface area contributed by atoms with E-state index in [2.05, 4.69) is 21.3 Å². The Morgan fingerprint density at radius 3 is 1.62 bits per heavy atom. The Balaban J connectivity index is 1.75. The Kier molecular flexibility index (Phi) is 17.9. The number of halogens is 2. The summed E-state index contributed by atoms with van der Waals surface area (Å²) >= 11 is 0. The molecule has 5 atom stereocenters. The summed E-state index contributed by atoms with van der Waals surface area (Å²) in [5.41, 5.74) is 1.42. The maximum atomic E-state index is 16.5. The van der Waals surface area contributed by atoms with Gasteiger partial charge in [0.15, 0.2) is 0 Å². The molecule has 4 amide bonds. The quantitative estimate of drug-likeness (QED) is 0.131. The van der Waals surface area contributed by atoms with Crippen molar-refractivity contribution < 1.29 is 52.0 Å². The Morgan fingerprint density at radius 1 is 0.736 bits per heavy atom. The van der Waals surface area contributed by atoms with E-state index in [0.29, 0.717) is 11.1 Å². The highest BCUT2D eigenvalue weighted by molar-refractivity contribution is 5.87. The Morgan fingerprint density at radius 2 is 1.19 bits per heavy atom. The van der Waals surface area contributed by atoms with Crippen molar-refractivity contribution in [1.29, 1.82) is 0 Å². The van der Waals surface area contributed by atoms with Gasteiger partial charge >= 0.3 is 12.2 Å². The first-order valence-electron chi connectivity index (χ1n) is 17.9. The number of rotatable bonds is 20. The number of aliphatic hydroxyl groups is 1. The molecule has 1 fully saturated rings. The molecule has 5 N–H and O–H groups in total. The summed E-state index contributed by atoms with van der Waals surface area (Å²) in [6.07, 6.45) is -0.106. The molecule has 0 saturated heterocycles. The number of benzene rings is 2. The summed E-state index contributed by atoms with van der Waals surface area (Å²) < 4.78 is 53.7. The van der Waals surface area contributed by atoms with Gasteiger partial charge in [-0.25, -0.2) is 18.4 Å². The molecule has 0 bridgehead atoms. The number of methoxy groups -OCH3 is 2. The Labute approximate surface area is 309 Å². The number of carbonyl (C=O) groups excluding carboxylic acids is 4. The van der Waals surface area contributed by atoms with Crippen LogP contribution in [0.25, 0.3) is 0 Å². The molecule has 2 aromatic rings. The van der Waals surface area contributed by atoms with Crippen molar-refractivity contribution in [1.82, 2.24) is 21.3 Å². The highest BCUT2D eigenvalue weighted by Gasteiger charge is 2.52. The van der Waals surface area contributed by atoms with Crippen molar-refractivity contribution in [3.8, 4) is 0 Å².